The highest BCUT2D eigenvalue weighted by molar-refractivity contribution is 6.09. The Kier molecular flexibility index (Phi) is 5.84. The minimum atomic E-state index is -0.192. The fourth-order valence-electron chi connectivity index (χ4n) is 2.30. The SMILES string of the molecule is COc1ccc(C(=O)C=Cc2c(OC)cccc2OC)c(OC)c1. The molecule has 0 N–H and O–H groups in total. The molecule has 0 aromatic heterocycles. The minimum Gasteiger partial charge on any atom is -0.497 e. The number of benzene rings is 2. The summed E-state index contributed by atoms with van der Waals surface area (Å²) in [5.74, 6) is 2.14. The largest absolute Gasteiger partial charge is 0.497 e. The molecule has 0 radical (unpaired) electrons. The summed E-state index contributed by atoms with van der Waals surface area (Å²) in [7, 11) is 6.21. The van der Waals surface area contributed by atoms with Crippen molar-refractivity contribution in [3.8, 4) is 23.0 Å². The average molecular weight is 328 g/mol. The fourth-order valence-corrected chi connectivity index (χ4v) is 2.30. The molecule has 5 nitrogen and oxygen atoms in total. The van der Waals surface area contributed by atoms with E-state index in [1.54, 1.807) is 57.7 Å². The van der Waals surface area contributed by atoms with Gasteiger partial charge in [0.25, 0.3) is 0 Å². The van der Waals surface area contributed by atoms with Crippen molar-refractivity contribution in [2.75, 3.05) is 28.4 Å². The topological polar surface area (TPSA) is 54.0 Å². The molecule has 0 heterocycles. The predicted octanol–water partition coefficient (Wildman–Crippen LogP) is 3.62. The van der Waals surface area contributed by atoms with Gasteiger partial charge in [0.2, 0.25) is 0 Å². The summed E-state index contributed by atoms with van der Waals surface area (Å²) < 4.78 is 21.0. The first-order chi connectivity index (χ1) is 11.6. The highest BCUT2D eigenvalue weighted by Gasteiger charge is 2.12. The lowest BCUT2D eigenvalue weighted by Crippen LogP contribution is -2.00. The molecule has 24 heavy (non-hydrogen) atoms. The second kappa shape index (κ2) is 8.06. The van der Waals surface area contributed by atoms with Gasteiger partial charge < -0.3 is 18.9 Å². The summed E-state index contributed by atoms with van der Waals surface area (Å²) in [5.41, 5.74) is 1.15. The van der Waals surface area contributed by atoms with Crippen LogP contribution in [0.3, 0.4) is 0 Å². The fraction of sp³-hybridized carbons (Fsp3) is 0.211. The Morgan fingerprint density at radius 2 is 1.46 bits per heavy atom. The van der Waals surface area contributed by atoms with Crippen LogP contribution >= 0.6 is 0 Å². The van der Waals surface area contributed by atoms with Crippen LogP contribution in [0.5, 0.6) is 23.0 Å². The van der Waals surface area contributed by atoms with E-state index in [4.69, 9.17) is 18.9 Å². The molecule has 0 amide bonds. The van der Waals surface area contributed by atoms with Gasteiger partial charge in [0, 0.05) is 6.07 Å². The molecule has 2 rings (SSSR count). The van der Waals surface area contributed by atoms with Crippen LogP contribution in [-0.2, 0) is 0 Å². The first kappa shape index (κ1) is 17.4. The molecule has 0 unspecified atom stereocenters. The van der Waals surface area contributed by atoms with Gasteiger partial charge in [-0.05, 0) is 36.4 Å². The second-order valence-corrected chi connectivity index (χ2v) is 4.84. The first-order valence-electron chi connectivity index (χ1n) is 7.30. The number of hydrogen-bond acceptors (Lipinski definition) is 5. The zero-order valence-electron chi connectivity index (χ0n) is 14.2. The van der Waals surface area contributed by atoms with Crippen molar-refractivity contribution in [3.05, 3.63) is 53.6 Å². The number of ketones is 1. The quantitative estimate of drug-likeness (QED) is 0.574. The van der Waals surface area contributed by atoms with Crippen molar-refractivity contribution < 1.29 is 23.7 Å². The van der Waals surface area contributed by atoms with Gasteiger partial charge in [-0.15, -0.1) is 0 Å². The van der Waals surface area contributed by atoms with Gasteiger partial charge in [0.1, 0.15) is 23.0 Å². The molecule has 0 atom stereocenters. The van der Waals surface area contributed by atoms with Crippen LogP contribution in [0, 0.1) is 0 Å². The molecule has 0 aliphatic heterocycles. The van der Waals surface area contributed by atoms with Gasteiger partial charge >= 0.3 is 0 Å². The average Bonchev–Trinajstić information content (AvgIpc) is 2.64. The van der Waals surface area contributed by atoms with Gasteiger partial charge in [-0.2, -0.15) is 0 Å². The van der Waals surface area contributed by atoms with E-state index in [2.05, 4.69) is 0 Å². The van der Waals surface area contributed by atoms with Crippen molar-refractivity contribution in [2.45, 2.75) is 0 Å². The highest BCUT2D eigenvalue weighted by atomic mass is 16.5. The van der Waals surface area contributed by atoms with E-state index < -0.39 is 0 Å². The van der Waals surface area contributed by atoms with Crippen LogP contribution in [0.4, 0.5) is 0 Å². The minimum absolute atomic E-state index is 0.192. The Morgan fingerprint density at radius 3 is 2.00 bits per heavy atom. The van der Waals surface area contributed by atoms with Crippen molar-refractivity contribution in [1.29, 1.82) is 0 Å². The van der Waals surface area contributed by atoms with Crippen LogP contribution in [-0.4, -0.2) is 34.2 Å². The third kappa shape index (κ3) is 3.68. The summed E-state index contributed by atoms with van der Waals surface area (Å²) in [4.78, 5) is 12.5. The van der Waals surface area contributed by atoms with E-state index in [1.165, 1.54) is 13.2 Å². The zero-order valence-corrected chi connectivity index (χ0v) is 14.2. The molecular formula is C19H20O5. The van der Waals surface area contributed by atoms with Crippen molar-refractivity contribution in [2.24, 2.45) is 0 Å². The lowest BCUT2D eigenvalue weighted by Gasteiger charge is -2.10. The molecule has 0 aliphatic rings. The number of methoxy groups -OCH3 is 4. The maximum atomic E-state index is 12.5. The number of hydrogen-bond donors (Lipinski definition) is 0. The first-order valence-corrected chi connectivity index (χ1v) is 7.30. The lowest BCUT2D eigenvalue weighted by molar-refractivity contribution is 0.104. The number of carbonyl (C=O) groups excluding carboxylic acids is 1. The summed E-state index contributed by atoms with van der Waals surface area (Å²) in [6.07, 6.45) is 3.13. The maximum Gasteiger partial charge on any atom is 0.189 e. The molecule has 0 bridgehead atoms. The van der Waals surface area contributed by atoms with Crippen molar-refractivity contribution in [3.63, 3.8) is 0 Å². The van der Waals surface area contributed by atoms with Crippen molar-refractivity contribution in [1.82, 2.24) is 0 Å². The lowest BCUT2D eigenvalue weighted by atomic mass is 10.1. The normalized spacial score (nSPS) is 10.5. The molecular weight excluding hydrogens is 308 g/mol. The van der Waals surface area contributed by atoms with Gasteiger partial charge in [-0.25, -0.2) is 0 Å². The smallest absolute Gasteiger partial charge is 0.189 e. The Labute approximate surface area is 141 Å². The number of rotatable bonds is 7. The van der Waals surface area contributed by atoms with Crippen LogP contribution in [0.1, 0.15) is 15.9 Å². The molecule has 0 saturated heterocycles. The van der Waals surface area contributed by atoms with E-state index in [1.807, 2.05) is 6.07 Å². The Balaban J connectivity index is 2.35. The third-order valence-corrected chi connectivity index (χ3v) is 3.54. The zero-order chi connectivity index (χ0) is 17.5. The summed E-state index contributed by atoms with van der Waals surface area (Å²) in [6.45, 7) is 0. The Bertz CT molecular complexity index is 727. The van der Waals surface area contributed by atoms with Crippen LogP contribution in [0.2, 0.25) is 0 Å². The predicted molar refractivity (Wildman–Crippen MR) is 92.5 cm³/mol. The standard InChI is InChI=1S/C19H20O5/c1-21-13-8-9-14(19(12-13)24-4)16(20)11-10-15-17(22-2)6-5-7-18(15)23-3/h5-12H,1-4H3. The molecule has 0 saturated carbocycles. The van der Waals surface area contributed by atoms with Crippen LogP contribution < -0.4 is 18.9 Å². The number of ether oxygens (including phenoxy) is 4. The molecule has 2 aromatic rings. The van der Waals surface area contributed by atoms with E-state index in [0.717, 1.165) is 0 Å². The van der Waals surface area contributed by atoms with E-state index in [0.29, 0.717) is 34.1 Å². The molecule has 2 aromatic carbocycles. The van der Waals surface area contributed by atoms with Crippen LogP contribution in [0.25, 0.3) is 6.08 Å². The van der Waals surface area contributed by atoms with E-state index in [9.17, 15) is 4.79 Å². The summed E-state index contributed by atoms with van der Waals surface area (Å²) >= 11 is 0. The van der Waals surface area contributed by atoms with Gasteiger partial charge in [-0.1, -0.05) is 6.07 Å². The monoisotopic (exact) mass is 328 g/mol. The van der Waals surface area contributed by atoms with Gasteiger partial charge in [0.05, 0.1) is 39.6 Å². The van der Waals surface area contributed by atoms with Gasteiger partial charge in [-0.3, -0.25) is 4.79 Å². The van der Waals surface area contributed by atoms with Crippen molar-refractivity contribution >= 4 is 11.9 Å². The second-order valence-electron chi connectivity index (χ2n) is 4.84. The molecule has 0 spiro atoms. The van der Waals surface area contributed by atoms with Gasteiger partial charge in [0.15, 0.2) is 5.78 Å². The number of carbonyl (C=O) groups is 1. The summed E-state index contributed by atoms with van der Waals surface area (Å²) in [6, 6.07) is 10.5. The highest BCUT2D eigenvalue weighted by Crippen LogP contribution is 2.30. The summed E-state index contributed by atoms with van der Waals surface area (Å²) in [5, 5.41) is 0. The van der Waals surface area contributed by atoms with E-state index in [-0.39, 0.29) is 5.78 Å². The number of allylic oxidation sites excluding steroid dienone is 1. The maximum absolute atomic E-state index is 12.5. The van der Waals surface area contributed by atoms with E-state index >= 15 is 0 Å². The third-order valence-electron chi connectivity index (χ3n) is 3.54. The molecule has 5 heteroatoms. The molecule has 126 valence electrons. The van der Waals surface area contributed by atoms with Crippen LogP contribution in [0.15, 0.2) is 42.5 Å². The molecule has 0 aliphatic carbocycles. The Morgan fingerprint density at radius 1 is 0.833 bits per heavy atom. The molecule has 0 fully saturated rings. The Hall–Kier alpha value is -2.95.